The number of fused-ring (bicyclic) bond motifs is 1. The highest BCUT2D eigenvalue weighted by molar-refractivity contribution is 5.90. The Morgan fingerprint density at radius 1 is 1.18 bits per heavy atom. The van der Waals surface area contributed by atoms with Crippen LogP contribution < -0.4 is 4.74 Å². The molecule has 0 aliphatic rings. The molecule has 2 aromatic heterocycles. The maximum atomic E-state index is 11.6. The molecule has 0 saturated carbocycles. The Hall–Kier alpha value is -2.82. The van der Waals surface area contributed by atoms with Gasteiger partial charge < -0.3 is 9.47 Å². The van der Waals surface area contributed by atoms with Gasteiger partial charge in [0, 0.05) is 11.8 Å². The maximum absolute atomic E-state index is 11.6. The van der Waals surface area contributed by atoms with Crippen LogP contribution in [0, 0.1) is 6.92 Å². The molecule has 0 N–H and O–H groups in total. The van der Waals surface area contributed by atoms with Crippen LogP contribution in [0.4, 0.5) is 0 Å². The molecule has 0 saturated heterocycles. The first-order valence-electron chi connectivity index (χ1n) is 6.84. The molecule has 22 heavy (non-hydrogen) atoms. The molecule has 0 aliphatic carbocycles. The van der Waals surface area contributed by atoms with E-state index in [1.54, 1.807) is 25.4 Å². The third-order valence-corrected chi connectivity index (χ3v) is 3.66. The van der Waals surface area contributed by atoms with E-state index in [-0.39, 0.29) is 5.97 Å². The number of aryl methyl sites for hydroxylation is 1. The van der Waals surface area contributed by atoms with Gasteiger partial charge in [0.05, 0.1) is 31.7 Å². The van der Waals surface area contributed by atoms with Crippen LogP contribution in [0.3, 0.4) is 0 Å². The Balaban J connectivity index is 2.15. The summed E-state index contributed by atoms with van der Waals surface area (Å²) < 4.78 is 12.0. The standard InChI is InChI=1S/C17H16N2O3/c1-11-4-5-13(21-2)9-14(11)15-10-18-16-8-12(17(20)22-3)6-7-19(15)16/h4-10H,1-3H3. The van der Waals surface area contributed by atoms with E-state index in [1.165, 1.54) is 7.11 Å². The van der Waals surface area contributed by atoms with E-state index >= 15 is 0 Å². The highest BCUT2D eigenvalue weighted by Gasteiger charge is 2.12. The number of ether oxygens (including phenoxy) is 2. The molecule has 2 heterocycles. The average molecular weight is 296 g/mol. The lowest BCUT2D eigenvalue weighted by Gasteiger charge is -2.08. The van der Waals surface area contributed by atoms with Crippen molar-refractivity contribution in [3.05, 3.63) is 53.9 Å². The second kappa shape index (κ2) is 5.52. The monoisotopic (exact) mass is 296 g/mol. The second-order valence-electron chi connectivity index (χ2n) is 4.96. The molecule has 0 fully saturated rings. The highest BCUT2D eigenvalue weighted by atomic mass is 16.5. The summed E-state index contributed by atoms with van der Waals surface area (Å²) in [4.78, 5) is 16.0. The zero-order chi connectivity index (χ0) is 15.7. The quantitative estimate of drug-likeness (QED) is 0.697. The number of carbonyl (C=O) groups is 1. The summed E-state index contributed by atoms with van der Waals surface area (Å²) in [6, 6.07) is 9.35. The normalized spacial score (nSPS) is 10.7. The Morgan fingerprint density at radius 2 is 2.00 bits per heavy atom. The first kappa shape index (κ1) is 14.1. The fourth-order valence-electron chi connectivity index (χ4n) is 2.43. The summed E-state index contributed by atoms with van der Waals surface area (Å²) in [5.41, 5.74) is 4.29. The summed E-state index contributed by atoms with van der Waals surface area (Å²) in [5, 5.41) is 0. The summed E-state index contributed by atoms with van der Waals surface area (Å²) in [5.74, 6) is 0.423. The first-order valence-corrected chi connectivity index (χ1v) is 6.84. The summed E-state index contributed by atoms with van der Waals surface area (Å²) >= 11 is 0. The number of pyridine rings is 1. The minimum absolute atomic E-state index is 0.371. The van der Waals surface area contributed by atoms with Gasteiger partial charge in [-0.2, -0.15) is 0 Å². The second-order valence-corrected chi connectivity index (χ2v) is 4.96. The molecule has 0 bridgehead atoms. The maximum Gasteiger partial charge on any atom is 0.338 e. The molecule has 0 atom stereocenters. The van der Waals surface area contributed by atoms with Crippen molar-refractivity contribution in [2.45, 2.75) is 6.92 Å². The minimum Gasteiger partial charge on any atom is -0.497 e. The van der Waals surface area contributed by atoms with Crippen LogP contribution >= 0.6 is 0 Å². The van der Waals surface area contributed by atoms with Crippen LogP contribution in [-0.4, -0.2) is 29.6 Å². The fourth-order valence-corrected chi connectivity index (χ4v) is 2.43. The van der Waals surface area contributed by atoms with Crippen LogP contribution in [0.2, 0.25) is 0 Å². The number of methoxy groups -OCH3 is 2. The van der Waals surface area contributed by atoms with Gasteiger partial charge in [-0.25, -0.2) is 9.78 Å². The smallest absolute Gasteiger partial charge is 0.338 e. The van der Waals surface area contributed by atoms with Crippen molar-refractivity contribution >= 4 is 11.6 Å². The van der Waals surface area contributed by atoms with Gasteiger partial charge in [-0.3, -0.25) is 4.40 Å². The Kier molecular flexibility index (Phi) is 3.55. The van der Waals surface area contributed by atoms with E-state index < -0.39 is 0 Å². The molecule has 3 aromatic rings. The van der Waals surface area contributed by atoms with Gasteiger partial charge in [0.2, 0.25) is 0 Å². The molecule has 1 aromatic carbocycles. The number of rotatable bonds is 3. The van der Waals surface area contributed by atoms with Crippen molar-refractivity contribution in [1.82, 2.24) is 9.38 Å². The van der Waals surface area contributed by atoms with Crippen molar-refractivity contribution < 1.29 is 14.3 Å². The zero-order valence-corrected chi connectivity index (χ0v) is 12.7. The number of esters is 1. The molecule has 0 amide bonds. The van der Waals surface area contributed by atoms with Gasteiger partial charge in [-0.15, -0.1) is 0 Å². The topological polar surface area (TPSA) is 52.8 Å². The molecule has 5 nitrogen and oxygen atoms in total. The number of carbonyl (C=O) groups excluding carboxylic acids is 1. The largest absolute Gasteiger partial charge is 0.497 e. The van der Waals surface area contributed by atoms with Gasteiger partial charge in [-0.05, 0) is 36.8 Å². The van der Waals surface area contributed by atoms with Crippen LogP contribution in [-0.2, 0) is 4.74 Å². The molecule has 112 valence electrons. The van der Waals surface area contributed by atoms with Gasteiger partial charge in [0.25, 0.3) is 0 Å². The van der Waals surface area contributed by atoms with E-state index in [4.69, 9.17) is 9.47 Å². The zero-order valence-electron chi connectivity index (χ0n) is 12.7. The molecule has 0 radical (unpaired) electrons. The molecule has 5 heteroatoms. The predicted octanol–water partition coefficient (Wildman–Crippen LogP) is 3.10. The van der Waals surface area contributed by atoms with Crippen molar-refractivity contribution in [3.8, 4) is 17.0 Å². The first-order chi connectivity index (χ1) is 10.6. The van der Waals surface area contributed by atoms with Gasteiger partial charge >= 0.3 is 5.97 Å². The van der Waals surface area contributed by atoms with Crippen molar-refractivity contribution in [2.24, 2.45) is 0 Å². The van der Waals surface area contributed by atoms with E-state index in [9.17, 15) is 4.79 Å². The number of benzene rings is 1. The van der Waals surface area contributed by atoms with Crippen molar-refractivity contribution in [1.29, 1.82) is 0 Å². The molecule has 0 unspecified atom stereocenters. The van der Waals surface area contributed by atoms with Gasteiger partial charge in [-0.1, -0.05) is 6.07 Å². The van der Waals surface area contributed by atoms with E-state index in [2.05, 4.69) is 4.98 Å². The highest BCUT2D eigenvalue weighted by Crippen LogP contribution is 2.28. The fraction of sp³-hybridized carbons (Fsp3) is 0.176. The summed E-state index contributed by atoms with van der Waals surface area (Å²) in [6.45, 7) is 2.04. The van der Waals surface area contributed by atoms with E-state index in [0.29, 0.717) is 11.2 Å². The van der Waals surface area contributed by atoms with E-state index in [0.717, 1.165) is 22.6 Å². The number of hydrogen-bond donors (Lipinski definition) is 0. The summed E-state index contributed by atoms with van der Waals surface area (Å²) in [6.07, 6.45) is 3.61. The third-order valence-electron chi connectivity index (χ3n) is 3.66. The molecule has 0 aliphatic heterocycles. The van der Waals surface area contributed by atoms with Crippen LogP contribution in [0.1, 0.15) is 15.9 Å². The lowest BCUT2D eigenvalue weighted by Crippen LogP contribution is -2.02. The lowest BCUT2D eigenvalue weighted by molar-refractivity contribution is 0.0600. The molecular formula is C17H16N2O3. The Morgan fingerprint density at radius 3 is 2.73 bits per heavy atom. The summed E-state index contributed by atoms with van der Waals surface area (Å²) in [7, 11) is 3.01. The number of nitrogens with zero attached hydrogens (tertiary/aromatic N) is 2. The third kappa shape index (κ3) is 2.30. The van der Waals surface area contributed by atoms with Crippen LogP contribution in [0.5, 0.6) is 5.75 Å². The SMILES string of the molecule is COC(=O)c1ccn2c(-c3cc(OC)ccc3C)cnc2c1. The van der Waals surface area contributed by atoms with Gasteiger partial charge in [0.15, 0.2) is 0 Å². The van der Waals surface area contributed by atoms with Crippen LogP contribution in [0.15, 0.2) is 42.7 Å². The van der Waals surface area contributed by atoms with Crippen LogP contribution in [0.25, 0.3) is 16.9 Å². The molecule has 3 rings (SSSR count). The number of hydrogen-bond acceptors (Lipinski definition) is 4. The van der Waals surface area contributed by atoms with Crippen molar-refractivity contribution in [3.63, 3.8) is 0 Å². The lowest BCUT2D eigenvalue weighted by atomic mass is 10.1. The average Bonchev–Trinajstić information content (AvgIpc) is 2.97. The Bertz CT molecular complexity index is 852. The van der Waals surface area contributed by atoms with Gasteiger partial charge in [0.1, 0.15) is 11.4 Å². The minimum atomic E-state index is -0.371. The Labute approximate surface area is 128 Å². The predicted molar refractivity (Wildman–Crippen MR) is 83.3 cm³/mol. The number of aromatic nitrogens is 2. The molecular weight excluding hydrogens is 280 g/mol. The van der Waals surface area contributed by atoms with E-state index in [1.807, 2.05) is 35.7 Å². The number of imidazole rings is 1. The molecule has 0 spiro atoms. The van der Waals surface area contributed by atoms with Crippen molar-refractivity contribution in [2.75, 3.05) is 14.2 Å².